The average Bonchev–Trinajstić information content (AvgIpc) is 2.74. The van der Waals surface area contributed by atoms with Crippen LogP contribution in [0.3, 0.4) is 0 Å². The molecule has 0 saturated carbocycles. The molecule has 6 heteroatoms. The number of aryl methyl sites for hydroxylation is 2. The van der Waals surface area contributed by atoms with Crippen molar-refractivity contribution in [3.8, 4) is 0 Å². The summed E-state index contributed by atoms with van der Waals surface area (Å²) in [5.41, 5.74) is 1.99. The number of hydrogen-bond donors (Lipinski definition) is 1. The van der Waals surface area contributed by atoms with Crippen molar-refractivity contribution in [3.63, 3.8) is 0 Å². The molecule has 0 atom stereocenters. The highest BCUT2D eigenvalue weighted by Crippen LogP contribution is 2.19. The lowest BCUT2D eigenvalue weighted by molar-refractivity contribution is -0.127. The molecule has 0 aliphatic heterocycles. The third-order valence-electron chi connectivity index (χ3n) is 3.23. The van der Waals surface area contributed by atoms with E-state index in [9.17, 15) is 4.79 Å². The molecule has 0 saturated heterocycles. The van der Waals surface area contributed by atoms with Crippen molar-refractivity contribution < 1.29 is 14.4 Å². The van der Waals surface area contributed by atoms with Crippen molar-refractivity contribution in [3.05, 3.63) is 17.0 Å². The first-order valence-corrected chi connectivity index (χ1v) is 8.06. The maximum atomic E-state index is 11.9. The van der Waals surface area contributed by atoms with E-state index in [1.54, 1.807) is 16.7 Å². The second-order valence-electron chi connectivity index (χ2n) is 4.90. The van der Waals surface area contributed by atoms with Gasteiger partial charge in [-0.2, -0.15) is 0 Å². The zero-order valence-electron chi connectivity index (χ0n) is 12.5. The number of nitrogens with zero attached hydrogens (tertiary/aromatic N) is 2. The summed E-state index contributed by atoms with van der Waals surface area (Å²) >= 11 is 1.59. The van der Waals surface area contributed by atoms with Gasteiger partial charge in [0.25, 0.3) is 0 Å². The fourth-order valence-electron chi connectivity index (χ4n) is 1.82. The maximum absolute atomic E-state index is 11.9. The van der Waals surface area contributed by atoms with E-state index in [2.05, 4.69) is 5.16 Å². The van der Waals surface area contributed by atoms with E-state index in [1.807, 2.05) is 20.9 Å². The fraction of sp³-hybridized carbons (Fsp3) is 0.714. The van der Waals surface area contributed by atoms with Gasteiger partial charge >= 0.3 is 0 Å². The molecule has 0 aliphatic carbocycles. The number of aliphatic hydroxyl groups is 1. The van der Waals surface area contributed by atoms with Crippen LogP contribution in [0.4, 0.5) is 0 Å². The van der Waals surface area contributed by atoms with Crippen molar-refractivity contribution >= 4 is 17.7 Å². The van der Waals surface area contributed by atoms with E-state index in [1.165, 1.54) is 0 Å². The summed E-state index contributed by atoms with van der Waals surface area (Å²) in [5.74, 6) is 2.21. The van der Waals surface area contributed by atoms with Gasteiger partial charge in [0.15, 0.2) is 0 Å². The molecule has 1 aromatic heterocycles. The number of unbranched alkanes of at least 4 members (excludes halogenated alkanes) is 2. The number of carbonyl (C=O) groups excluding carboxylic acids is 1. The van der Waals surface area contributed by atoms with Gasteiger partial charge in [0.05, 0.1) is 11.4 Å². The van der Waals surface area contributed by atoms with E-state index in [4.69, 9.17) is 9.63 Å². The number of carbonyl (C=O) groups is 1. The molecule has 0 aromatic carbocycles. The van der Waals surface area contributed by atoms with Crippen LogP contribution in [0.2, 0.25) is 0 Å². The summed E-state index contributed by atoms with van der Waals surface area (Å²) < 4.78 is 5.10. The fourth-order valence-corrected chi connectivity index (χ4v) is 2.93. The quantitative estimate of drug-likeness (QED) is 0.708. The zero-order valence-corrected chi connectivity index (χ0v) is 13.3. The molecule has 5 nitrogen and oxygen atoms in total. The average molecular weight is 300 g/mol. The summed E-state index contributed by atoms with van der Waals surface area (Å²) in [7, 11) is 1.83. The SMILES string of the molecule is Cc1noc(C)c1CSCC(=O)N(C)CCCCCO. The molecular formula is C14H24N2O3S. The molecular weight excluding hydrogens is 276 g/mol. The lowest BCUT2D eigenvalue weighted by Crippen LogP contribution is -2.29. The molecule has 1 heterocycles. The first-order chi connectivity index (χ1) is 9.56. The number of amides is 1. The lowest BCUT2D eigenvalue weighted by Gasteiger charge is -2.16. The molecule has 0 aliphatic rings. The predicted octanol–water partition coefficient (Wildman–Crippen LogP) is 2.15. The smallest absolute Gasteiger partial charge is 0.232 e. The Balaban J connectivity index is 2.22. The standard InChI is InChI=1S/C14H24N2O3S/c1-11-13(12(2)19-15-11)9-20-10-14(18)16(3)7-5-4-6-8-17/h17H,4-10H2,1-3H3. The van der Waals surface area contributed by atoms with E-state index in [0.717, 1.165) is 48.6 Å². The van der Waals surface area contributed by atoms with Crippen LogP contribution in [0.15, 0.2) is 4.52 Å². The second kappa shape index (κ2) is 9.02. The molecule has 114 valence electrons. The summed E-state index contributed by atoms with van der Waals surface area (Å²) in [6.45, 7) is 4.79. The van der Waals surface area contributed by atoms with Gasteiger partial charge in [-0.15, -0.1) is 11.8 Å². The van der Waals surface area contributed by atoms with Gasteiger partial charge < -0.3 is 14.5 Å². The van der Waals surface area contributed by atoms with Crippen LogP contribution in [-0.2, 0) is 10.5 Å². The molecule has 0 radical (unpaired) electrons. The molecule has 1 aromatic rings. The Morgan fingerprint density at radius 1 is 1.35 bits per heavy atom. The molecule has 1 N–H and O–H groups in total. The highest BCUT2D eigenvalue weighted by molar-refractivity contribution is 7.99. The number of aliphatic hydroxyl groups excluding tert-OH is 1. The molecule has 20 heavy (non-hydrogen) atoms. The van der Waals surface area contributed by atoms with Gasteiger partial charge in [-0.1, -0.05) is 5.16 Å². The van der Waals surface area contributed by atoms with E-state index >= 15 is 0 Å². The van der Waals surface area contributed by atoms with Gasteiger partial charge in [0.2, 0.25) is 5.91 Å². The van der Waals surface area contributed by atoms with Crippen molar-refractivity contribution in [1.29, 1.82) is 0 Å². The second-order valence-corrected chi connectivity index (χ2v) is 5.88. The summed E-state index contributed by atoms with van der Waals surface area (Å²) in [6.07, 6.45) is 2.71. The summed E-state index contributed by atoms with van der Waals surface area (Å²) in [6, 6.07) is 0. The molecule has 0 spiro atoms. The van der Waals surface area contributed by atoms with Crippen molar-refractivity contribution in [2.24, 2.45) is 0 Å². The van der Waals surface area contributed by atoms with Crippen molar-refractivity contribution in [1.82, 2.24) is 10.1 Å². The molecule has 1 rings (SSSR count). The monoisotopic (exact) mass is 300 g/mol. The van der Waals surface area contributed by atoms with Crippen LogP contribution < -0.4 is 0 Å². The zero-order chi connectivity index (χ0) is 15.0. The van der Waals surface area contributed by atoms with E-state index in [-0.39, 0.29) is 12.5 Å². The van der Waals surface area contributed by atoms with Crippen LogP contribution in [0.5, 0.6) is 0 Å². The molecule has 0 unspecified atom stereocenters. The molecule has 0 bridgehead atoms. The Hall–Kier alpha value is -1.01. The Bertz CT molecular complexity index is 401. The summed E-state index contributed by atoms with van der Waals surface area (Å²) in [4.78, 5) is 13.7. The maximum Gasteiger partial charge on any atom is 0.232 e. The van der Waals surface area contributed by atoms with E-state index < -0.39 is 0 Å². The lowest BCUT2D eigenvalue weighted by atomic mass is 10.2. The first kappa shape index (κ1) is 17.0. The van der Waals surface area contributed by atoms with Crippen LogP contribution in [-0.4, -0.2) is 47.0 Å². The highest BCUT2D eigenvalue weighted by Gasteiger charge is 2.12. The predicted molar refractivity (Wildman–Crippen MR) is 80.7 cm³/mol. The van der Waals surface area contributed by atoms with Gasteiger partial charge in [0, 0.05) is 31.5 Å². The normalized spacial score (nSPS) is 10.8. The number of aromatic nitrogens is 1. The van der Waals surface area contributed by atoms with Crippen LogP contribution in [0.1, 0.15) is 36.3 Å². The number of rotatable bonds is 9. The minimum atomic E-state index is 0.144. The Kier molecular flexibility index (Phi) is 7.69. The first-order valence-electron chi connectivity index (χ1n) is 6.90. The van der Waals surface area contributed by atoms with Gasteiger partial charge in [-0.3, -0.25) is 4.79 Å². The minimum Gasteiger partial charge on any atom is -0.396 e. The Morgan fingerprint density at radius 2 is 2.10 bits per heavy atom. The van der Waals surface area contributed by atoms with Crippen LogP contribution in [0, 0.1) is 13.8 Å². The number of hydrogen-bond acceptors (Lipinski definition) is 5. The van der Waals surface area contributed by atoms with Crippen molar-refractivity contribution in [2.75, 3.05) is 26.0 Å². The van der Waals surface area contributed by atoms with Crippen LogP contribution >= 0.6 is 11.8 Å². The molecule has 1 amide bonds. The number of thioether (sulfide) groups is 1. The third-order valence-corrected chi connectivity index (χ3v) is 4.17. The minimum absolute atomic E-state index is 0.144. The third kappa shape index (κ3) is 5.54. The van der Waals surface area contributed by atoms with Gasteiger partial charge in [-0.05, 0) is 33.1 Å². The largest absolute Gasteiger partial charge is 0.396 e. The van der Waals surface area contributed by atoms with Crippen LogP contribution in [0.25, 0.3) is 0 Å². The highest BCUT2D eigenvalue weighted by atomic mass is 32.2. The Morgan fingerprint density at radius 3 is 2.70 bits per heavy atom. The molecule has 0 fully saturated rings. The summed E-state index contributed by atoms with van der Waals surface area (Å²) in [5, 5.41) is 12.6. The van der Waals surface area contributed by atoms with Gasteiger partial charge in [0.1, 0.15) is 5.76 Å². The van der Waals surface area contributed by atoms with E-state index in [0.29, 0.717) is 5.75 Å². The van der Waals surface area contributed by atoms with Gasteiger partial charge in [-0.25, -0.2) is 0 Å². The topological polar surface area (TPSA) is 66.6 Å². The Labute approximate surface area is 124 Å². The van der Waals surface area contributed by atoms with Crippen molar-refractivity contribution in [2.45, 2.75) is 38.9 Å².